The monoisotopic (exact) mass is 281 g/mol. The fourth-order valence-electron chi connectivity index (χ4n) is 2.64. The highest BCUT2D eigenvalue weighted by atomic mass is 16.1. The van der Waals surface area contributed by atoms with Crippen LogP contribution in [0.3, 0.4) is 0 Å². The number of hydrogen-bond acceptors (Lipinski definition) is 3. The lowest BCUT2D eigenvalue weighted by Gasteiger charge is -2.19. The van der Waals surface area contributed by atoms with Gasteiger partial charge < -0.3 is 10.6 Å². The minimum absolute atomic E-state index is 0.0327. The summed E-state index contributed by atoms with van der Waals surface area (Å²) in [6.45, 7) is 3.83. The fraction of sp³-hybridized carbons (Fsp3) is 0.294. The van der Waals surface area contributed by atoms with Crippen molar-refractivity contribution in [1.29, 1.82) is 0 Å². The molecule has 0 aliphatic carbocycles. The summed E-state index contributed by atoms with van der Waals surface area (Å²) < 4.78 is 0. The van der Waals surface area contributed by atoms with Crippen LogP contribution in [0.1, 0.15) is 40.0 Å². The van der Waals surface area contributed by atoms with Crippen molar-refractivity contribution in [2.24, 2.45) is 0 Å². The Bertz CT molecular complexity index is 640. The second-order valence-corrected chi connectivity index (χ2v) is 5.39. The zero-order valence-electron chi connectivity index (χ0n) is 12.1. The molecular weight excluding hydrogens is 262 g/mol. The third kappa shape index (κ3) is 3.11. The molecule has 0 bridgehead atoms. The van der Waals surface area contributed by atoms with Gasteiger partial charge >= 0.3 is 0 Å². The smallest absolute Gasteiger partial charge is 0.251 e. The lowest BCUT2D eigenvalue weighted by molar-refractivity contribution is 0.0939. The Morgan fingerprint density at radius 2 is 2.05 bits per heavy atom. The Morgan fingerprint density at radius 1 is 1.24 bits per heavy atom. The molecule has 1 unspecified atom stereocenters. The van der Waals surface area contributed by atoms with Gasteiger partial charge in [-0.25, -0.2) is 0 Å². The van der Waals surface area contributed by atoms with Crippen LogP contribution in [0, 0.1) is 0 Å². The van der Waals surface area contributed by atoms with Gasteiger partial charge in [0.25, 0.3) is 5.91 Å². The molecule has 1 aromatic carbocycles. The molecule has 0 saturated carbocycles. The molecule has 1 atom stereocenters. The van der Waals surface area contributed by atoms with Crippen molar-refractivity contribution in [2.75, 3.05) is 6.54 Å². The molecule has 1 amide bonds. The third-order valence-corrected chi connectivity index (χ3v) is 3.91. The van der Waals surface area contributed by atoms with E-state index >= 15 is 0 Å². The van der Waals surface area contributed by atoms with Crippen LogP contribution < -0.4 is 10.6 Å². The number of carbonyl (C=O) groups is 1. The van der Waals surface area contributed by atoms with Crippen molar-refractivity contribution in [3.63, 3.8) is 0 Å². The summed E-state index contributed by atoms with van der Waals surface area (Å²) in [5.41, 5.74) is 4.34. The Hall–Kier alpha value is -2.20. The number of rotatable bonds is 3. The summed E-state index contributed by atoms with van der Waals surface area (Å²) in [6.07, 6.45) is 4.51. The van der Waals surface area contributed by atoms with E-state index in [2.05, 4.69) is 21.7 Å². The number of nitrogens with one attached hydrogen (secondary N) is 2. The van der Waals surface area contributed by atoms with Crippen LogP contribution in [-0.2, 0) is 13.0 Å². The zero-order chi connectivity index (χ0) is 14.7. The van der Waals surface area contributed by atoms with Crippen molar-refractivity contribution in [1.82, 2.24) is 15.6 Å². The molecule has 1 aliphatic heterocycles. The average molecular weight is 281 g/mol. The van der Waals surface area contributed by atoms with E-state index < -0.39 is 0 Å². The molecular formula is C17H19N3O. The fourth-order valence-corrected chi connectivity index (χ4v) is 2.64. The van der Waals surface area contributed by atoms with Crippen LogP contribution in [0.2, 0.25) is 0 Å². The average Bonchev–Trinajstić information content (AvgIpc) is 2.55. The SMILES string of the molecule is CC(NC(=O)c1ccc2c(c1)CNCC2)c1ccncc1. The second-order valence-electron chi connectivity index (χ2n) is 5.39. The van der Waals surface area contributed by atoms with Gasteiger partial charge in [0.2, 0.25) is 0 Å². The van der Waals surface area contributed by atoms with Crippen molar-refractivity contribution in [2.45, 2.75) is 25.9 Å². The van der Waals surface area contributed by atoms with E-state index in [1.807, 2.05) is 31.2 Å². The number of benzene rings is 1. The maximum Gasteiger partial charge on any atom is 0.251 e. The zero-order valence-corrected chi connectivity index (χ0v) is 12.1. The third-order valence-electron chi connectivity index (χ3n) is 3.91. The van der Waals surface area contributed by atoms with Crippen LogP contribution >= 0.6 is 0 Å². The minimum atomic E-state index is -0.0346. The number of fused-ring (bicyclic) bond motifs is 1. The van der Waals surface area contributed by atoms with E-state index in [0.717, 1.165) is 30.6 Å². The van der Waals surface area contributed by atoms with E-state index in [9.17, 15) is 4.79 Å². The van der Waals surface area contributed by atoms with Gasteiger partial charge in [0, 0.05) is 24.5 Å². The van der Waals surface area contributed by atoms with Crippen molar-refractivity contribution in [3.8, 4) is 0 Å². The van der Waals surface area contributed by atoms with E-state index in [-0.39, 0.29) is 11.9 Å². The molecule has 0 saturated heterocycles. The lowest BCUT2D eigenvalue weighted by Crippen LogP contribution is -2.28. The normalized spacial score (nSPS) is 15.1. The maximum atomic E-state index is 12.4. The molecule has 1 aliphatic rings. The standard InChI is InChI=1S/C17H19N3O/c1-12(13-4-7-18-8-5-13)20-17(21)15-3-2-14-6-9-19-11-16(14)10-15/h2-5,7-8,10,12,19H,6,9,11H2,1H3,(H,20,21). The van der Waals surface area contributed by atoms with Gasteiger partial charge in [0.05, 0.1) is 6.04 Å². The predicted molar refractivity (Wildman–Crippen MR) is 82.0 cm³/mol. The number of aromatic nitrogens is 1. The van der Waals surface area contributed by atoms with E-state index in [1.165, 1.54) is 11.1 Å². The molecule has 1 aromatic heterocycles. The first-order valence-corrected chi connectivity index (χ1v) is 7.27. The number of nitrogens with zero attached hydrogens (tertiary/aromatic N) is 1. The summed E-state index contributed by atoms with van der Waals surface area (Å²) in [4.78, 5) is 16.4. The first-order valence-electron chi connectivity index (χ1n) is 7.27. The van der Waals surface area contributed by atoms with Gasteiger partial charge in [0.15, 0.2) is 0 Å². The number of hydrogen-bond donors (Lipinski definition) is 2. The van der Waals surface area contributed by atoms with Gasteiger partial charge in [0.1, 0.15) is 0 Å². The van der Waals surface area contributed by atoms with E-state index in [4.69, 9.17) is 0 Å². The van der Waals surface area contributed by atoms with Crippen LogP contribution in [0.4, 0.5) is 0 Å². The predicted octanol–water partition coefficient (Wildman–Crippen LogP) is 2.22. The summed E-state index contributed by atoms with van der Waals surface area (Å²) in [5.74, 6) is -0.0346. The highest BCUT2D eigenvalue weighted by molar-refractivity contribution is 5.94. The first-order chi connectivity index (χ1) is 10.2. The van der Waals surface area contributed by atoms with Crippen LogP contribution in [-0.4, -0.2) is 17.4 Å². The van der Waals surface area contributed by atoms with Crippen LogP contribution in [0.5, 0.6) is 0 Å². The Labute approximate surface area is 124 Å². The quantitative estimate of drug-likeness (QED) is 0.907. The molecule has 108 valence electrons. The van der Waals surface area contributed by atoms with Gasteiger partial charge in [-0.05, 0) is 60.8 Å². The molecule has 0 radical (unpaired) electrons. The number of amides is 1. The molecule has 0 fully saturated rings. The minimum Gasteiger partial charge on any atom is -0.346 e. The summed E-state index contributed by atoms with van der Waals surface area (Å²) in [7, 11) is 0. The van der Waals surface area contributed by atoms with E-state index in [0.29, 0.717) is 0 Å². The van der Waals surface area contributed by atoms with Gasteiger partial charge in [-0.15, -0.1) is 0 Å². The largest absolute Gasteiger partial charge is 0.346 e. The summed E-state index contributed by atoms with van der Waals surface area (Å²) in [6, 6.07) is 9.79. The lowest BCUT2D eigenvalue weighted by atomic mass is 9.98. The molecule has 2 aromatic rings. The van der Waals surface area contributed by atoms with Crippen molar-refractivity contribution < 1.29 is 4.79 Å². The highest BCUT2D eigenvalue weighted by Crippen LogP contribution is 2.17. The molecule has 4 heteroatoms. The van der Waals surface area contributed by atoms with Crippen LogP contribution in [0.25, 0.3) is 0 Å². The van der Waals surface area contributed by atoms with E-state index in [1.54, 1.807) is 12.4 Å². The number of pyridine rings is 1. The highest BCUT2D eigenvalue weighted by Gasteiger charge is 2.14. The van der Waals surface area contributed by atoms with Gasteiger partial charge in [-0.1, -0.05) is 6.07 Å². The molecule has 4 nitrogen and oxygen atoms in total. The maximum absolute atomic E-state index is 12.4. The molecule has 2 N–H and O–H groups in total. The van der Waals surface area contributed by atoms with Gasteiger partial charge in [-0.3, -0.25) is 9.78 Å². The van der Waals surface area contributed by atoms with Gasteiger partial charge in [-0.2, -0.15) is 0 Å². The van der Waals surface area contributed by atoms with Crippen molar-refractivity contribution in [3.05, 3.63) is 65.0 Å². The molecule has 2 heterocycles. The molecule has 3 rings (SSSR count). The second kappa shape index (κ2) is 6.06. The molecule has 0 spiro atoms. The topological polar surface area (TPSA) is 54.0 Å². The molecule has 21 heavy (non-hydrogen) atoms. The summed E-state index contributed by atoms with van der Waals surface area (Å²) in [5, 5.41) is 6.37. The van der Waals surface area contributed by atoms with Crippen molar-refractivity contribution >= 4 is 5.91 Å². The Balaban J connectivity index is 1.73. The Kier molecular flexibility index (Phi) is 3.97. The Morgan fingerprint density at radius 3 is 2.86 bits per heavy atom. The number of carbonyl (C=O) groups excluding carboxylic acids is 1. The first kappa shape index (κ1) is 13.8. The summed E-state index contributed by atoms with van der Waals surface area (Å²) >= 11 is 0. The van der Waals surface area contributed by atoms with Crippen LogP contribution in [0.15, 0.2) is 42.7 Å².